The summed E-state index contributed by atoms with van der Waals surface area (Å²) in [5.74, 6) is -0.138. The van der Waals surface area contributed by atoms with Gasteiger partial charge in [-0.3, -0.25) is 0 Å². The molecule has 0 aliphatic heterocycles. The minimum Gasteiger partial charge on any atom is -0.207 e. The highest BCUT2D eigenvalue weighted by atomic mass is 19.1. The Morgan fingerprint density at radius 2 is 1.93 bits per heavy atom. The average molecular weight is 190 g/mol. The molecule has 0 radical (unpaired) electrons. The number of benzene rings is 1. The largest absolute Gasteiger partial charge is 0.207 e. The molecule has 74 valence electrons. The Labute approximate surface area is 84.5 Å². The van der Waals surface area contributed by atoms with Crippen LogP contribution in [-0.4, -0.2) is 0 Å². The highest BCUT2D eigenvalue weighted by Crippen LogP contribution is 2.40. The van der Waals surface area contributed by atoms with Crippen molar-refractivity contribution in [3.8, 4) is 0 Å². The Balaban J connectivity index is 2.51. The van der Waals surface area contributed by atoms with Gasteiger partial charge in [0.25, 0.3) is 0 Å². The van der Waals surface area contributed by atoms with Crippen LogP contribution in [0.4, 0.5) is 4.39 Å². The zero-order valence-corrected chi connectivity index (χ0v) is 8.89. The van der Waals surface area contributed by atoms with Crippen LogP contribution >= 0.6 is 0 Å². The number of fused-ring (bicyclic) bond motifs is 1. The predicted octanol–water partition coefficient (Wildman–Crippen LogP) is 3.81. The first kappa shape index (κ1) is 9.45. The van der Waals surface area contributed by atoms with Gasteiger partial charge in [0, 0.05) is 0 Å². The summed E-state index contributed by atoms with van der Waals surface area (Å²) >= 11 is 0. The number of halogens is 1. The average Bonchev–Trinajstić information content (AvgIpc) is 2.45. The van der Waals surface area contributed by atoms with Crippen LogP contribution < -0.4 is 0 Å². The van der Waals surface area contributed by atoms with Crippen molar-refractivity contribution >= 4 is 5.57 Å². The van der Waals surface area contributed by atoms with Gasteiger partial charge in [-0.25, -0.2) is 4.39 Å². The summed E-state index contributed by atoms with van der Waals surface area (Å²) in [4.78, 5) is 0. The molecule has 1 aliphatic carbocycles. The lowest BCUT2D eigenvalue weighted by atomic mass is 9.83. The van der Waals surface area contributed by atoms with Crippen molar-refractivity contribution in [2.75, 3.05) is 0 Å². The van der Waals surface area contributed by atoms with Gasteiger partial charge in [0.1, 0.15) is 5.82 Å². The zero-order valence-electron chi connectivity index (χ0n) is 8.89. The van der Waals surface area contributed by atoms with Crippen LogP contribution in [-0.2, 0) is 6.42 Å². The number of rotatable bonds is 0. The van der Waals surface area contributed by atoms with Gasteiger partial charge in [-0.2, -0.15) is 0 Å². The van der Waals surface area contributed by atoms with Gasteiger partial charge in [0.05, 0.1) is 0 Å². The van der Waals surface area contributed by atoms with Gasteiger partial charge in [0.15, 0.2) is 0 Å². The van der Waals surface area contributed by atoms with Crippen LogP contribution in [0.5, 0.6) is 0 Å². The molecule has 14 heavy (non-hydrogen) atoms. The number of allylic oxidation sites excluding steroid dienone is 2. The molecular formula is C13H15F. The van der Waals surface area contributed by atoms with E-state index in [4.69, 9.17) is 0 Å². The molecule has 1 aliphatic rings. The Bertz CT molecular complexity index is 394. The number of hydrogen-bond acceptors (Lipinski definition) is 0. The molecule has 0 nitrogen and oxygen atoms in total. The molecule has 0 aromatic heterocycles. The molecule has 0 saturated heterocycles. The maximum atomic E-state index is 13.1. The van der Waals surface area contributed by atoms with E-state index < -0.39 is 0 Å². The molecule has 0 heterocycles. The van der Waals surface area contributed by atoms with Crippen molar-refractivity contribution in [2.24, 2.45) is 5.41 Å². The molecule has 0 amide bonds. The van der Waals surface area contributed by atoms with E-state index in [1.54, 1.807) is 6.07 Å². The standard InChI is InChI=1S/C13H15F/c1-13(2,3)12-7-5-9-4-6-10(14)8-11(9)12/h4,6-8H,5H2,1-3H3. The fraction of sp³-hybridized carbons (Fsp3) is 0.385. The third-order valence-corrected chi connectivity index (χ3v) is 2.70. The SMILES string of the molecule is CC(C)(C)C1=CCc2ccc(F)cc21. The van der Waals surface area contributed by atoms with E-state index in [0.29, 0.717) is 0 Å². The topological polar surface area (TPSA) is 0 Å². The molecule has 0 atom stereocenters. The lowest BCUT2D eigenvalue weighted by Crippen LogP contribution is -2.07. The van der Waals surface area contributed by atoms with Gasteiger partial charge in [0.2, 0.25) is 0 Å². The molecule has 0 bridgehead atoms. The second-order valence-corrected chi connectivity index (χ2v) is 4.87. The highest BCUT2D eigenvalue weighted by molar-refractivity contribution is 5.76. The Hall–Kier alpha value is -1.11. The first-order valence-corrected chi connectivity index (χ1v) is 4.98. The summed E-state index contributed by atoms with van der Waals surface area (Å²) in [6.45, 7) is 6.50. The predicted molar refractivity (Wildman–Crippen MR) is 57.5 cm³/mol. The third kappa shape index (κ3) is 1.47. The second-order valence-electron chi connectivity index (χ2n) is 4.87. The normalized spacial score (nSPS) is 15.3. The summed E-state index contributed by atoms with van der Waals surface area (Å²) in [6.07, 6.45) is 3.16. The summed E-state index contributed by atoms with van der Waals surface area (Å²) in [7, 11) is 0. The molecule has 0 unspecified atom stereocenters. The lowest BCUT2D eigenvalue weighted by Gasteiger charge is -2.21. The van der Waals surface area contributed by atoms with E-state index in [0.717, 1.165) is 12.0 Å². The van der Waals surface area contributed by atoms with Crippen molar-refractivity contribution in [3.05, 3.63) is 41.2 Å². The first-order chi connectivity index (χ1) is 6.48. The molecule has 0 saturated carbocycles. The van der Waals surface area contributed by atoms with Crippen molar-refractivity contribution in [1.29, 1.82) is 0 Å². The molecule has 2 rings (SSSR count). The summed E-state index contributed by atoms with van der Waals surface area (Å²) in [5, 5.41) is 0. The monoisotopic (exact) mass is 190 g/mol. The quantitative estimate of drug-likeness (QED) is 0.583. The van der Waals surface area contributed by atoms with E-state index in [1.807, 2.05) is 6.07 Å². The number of hydrogen-bond donors (Lipinski definition) is 0. The molecule has 1 aromatic carbocycles. The zero-order chi connectivity index (χ0) is 10.3. The van der Waals surface area contributed by atoms with Crippen molar-refractivity contribution in [2.45, 2.75) is 27.2 Å². The van der Waals surface area contributed by atoms with Crippen molar-refractivity contribution in [1.82, 2.24) is 0 Å². The summed E-state index contributed by atoms with van der Waals surface area (Å²) in [6, 6.07) is 5.08. The van der Waals surface area contributed by atoms with E-state index in [2.05, 4.69) is 26.8 Å². The molecule has 1 aromatic rings. The minimum absolute atomic E-state index is 0.110. The second kappa shape index (κ2) is 2.94. The van der Waals surface area contributed by atoms with Crippen LogP contribution in [0.3, 0.4) is 0 Å². The highest BCUT2D eigenvalue weighted by Gasteiger charge is 2.24. The first-order valence-electron chi connectivity index (χ1n) is 4.98. The third-order valence-electron chi connectivity index (χ3n) is 2.70. The van der Waals surface area contributed by atoms with E-state index in [1.165, 1.54) is 17.2 Å². The fourth-order valence-electron chi connectivity index (χ4n) is 2.01. The Kier molecular flexibility index (Phi) is 1.99. The molecule has 1 heteroatoms. The maximum absolute atomic E-state index is 13.1. The smallest absolute Gasteiger partial charge is 0.123 e. The van der Waals surface area contributed by atoms with Gasteiger partial charge >= 0.3 is 0 Å². The van der Waals surface area contributed by atoms with E-state index >= 15 is 0 Å². The Morgan fingerprint density at radius 1 is 1.21 bits per heavy atom. The van der Waals surface area contributed by atoms with Gasteiger partial charge < -0.3 is 0 Å². The van der Waals surface area contributed by atoms with Gasteiger partial charge in [-0.1, -0.05) is 32.9 Å². The van der Waals surface area contributed by atoms with E-state index in [9.17, 15) is 4.39 Å². The van der Waals surface area contributed by atoms with Crippen molar-refractivity contribution in [3.63, 3.8) is 0 Å². The van der Waals surface area contributed by atoms with Crippen LogP contribution in [0.15, 0.2) is 24.3 Å². The lowest BCUT2D eigenvalue weighted by molar-refractivity contribution is 0.566. The van der Waals surface area contributed by atoms with Crippen LogP contribution in [0.25, 0.3) is 5.57 Å². The van der Waals surface area contributed by atoms with Crippen LogP contribution in [0.2, 0.25) is 0 Å². The van der Waals surface area contributed by atoms with Crippen molar-refractivity contribution < 1.29 is 4.39 Å². The van der Waals surface area contributed by atoms with Crippen LogP contribution in [0.1, 0.15) is 31.9 Å². The van der Waals surface area contributed by atoms with E-state index in [-0.39, 0.29) is 11.2 Å². The minimum atomic E-state index is -0.138. The summed E-state index contributed by atoms with van der Waals surface area (Å²) in [5.41, 5.74) is 3.72. The van der Waals surface area contributed by atoms with Gasteiger partial charge in [-0.15, -0.1) is 0 Å². The fourth-order valence-corrected chi connectivity index (χ4v) is 2.01. The molecule has 0 fully saturated rings. The Morgan fingerprint density at radius 3 is 2.57 bits per heavy atom. The van der Waals surface area contributed by atoms with Gasteiger partial charge in [-0.05, 0) is 40.7 Å². The summed E-state index contributed by atoms with van der Waals surface area (Å²) < 4.78 is 13.1. The van der Waals surface area contributed by atoms with Crippen LogP contribution in [0, 0.1) is 11.2 Å². The molecule has 0 N–H and O–H groups in total. The maximum Gasteiger partial charge on any atom is 0.123 e. The molecule has 0 spiro atoms. The molecular weight excluding hydrogens is 175 g/mol.